The Kier molecular flexibility index (Phi) is 5.67. The number of benzene rings is 8. The number of anilines is 3. The predicted molar refractivity (Wildman–Crippen MR) is 211 cm³/mol. The minimum Gasteiger partial charge on any atom is -0.456 e. The second-order valence-electron chi connectivity index (χ2n) is 14.0. The third-order valence-corrected chi connectivity index (χ3v) is 11.3. The van der Waals surface area contributed by atoms with Crippen LogP contribution in [0.2, 0.25) is 0 Å². The fourth-order valence-electron chi connectivity index (χ4n) is 9.25. The molecule has 53 heavy (non-hydrogen) atoms. The lowest BCUT2D eigenvalue weighted by Gasteiger charge is -2.32. The van der Waals surface area contributed by atoms with Crippen LogP contribution in [0.3, 0.4) is 0 Å². The highest BCUT2D eigenvalue weighted by atomic mass is 16.6. The fraction of sp³-hybridized carbons (Fsp3) is 0.0204. The van der Waals surface area contributed by atoms with Gasteiger partial charge in [0.15, 0.2) is 23.0 Å². The van der Waals surface area contributed by atoms with Crippen LogP contribution in [0.1, 0.15) is 22.3 Å². The molecule has 0 bridgehead atoms. The number of furan rings is 1. The van der Waals surface area contributed by atoms with Gasteiger partial charge in [0.2, 0.25) is 0 Å². The largest absolute Gasteiger partial charge is 0.456 e. The summed E-state index contributed by atoms with van der Waals surface area (Å²) in [5, 5.41) is 2.19. The first-order chi connectivity index (χ1) is 26.3. The standard InChI is InChI=1S/C49H29NO3/c1-2-13-30(14-3-1)50(31-25-26-35-34-17-7-11-23-42(34)51-45(35)29-31)41-22-12-24-43-47(41)52-44-28-27-40-46(48(44)53-43)36-18-6-10-21-39(36)49(40)37-19-8-4-15-32(37)33-16-5-9-20-38(33)49/h1-29H. The predicted octanol–water partition coefficient (Wildman–Crippen LogP) is 13.3. The van der Waals surface area contributed by atoms with E-state index in [0.717, 1.165) is 50.3 Å². The highest BCUT2D eigenvalue weighted by Gasteiger charge is 2.53. The van der Waals surface area contributed by atoms with E-state index in [4.69, 9.17) is 13.9 Å². The Morgan fingerprint density at radius 1 is 0.396 bits per heavy atom. The molecule has 4 nitrogen and oxygen atoms in total. The van der Waals surface area contributed by atoms with Crippen LogP contribution in [0.4, 0.5) is 17.1 Å². The topological polar surface area (TPSA) is 34.8 Å². The summed E-state index contributed by atoms with van der Waals surface area (Å²) < 4.78 is 20.4. The molecule has 2 aliphatic carbocycles. The van der Waals surface area contributed by atoms with Gasteiger partial charge in [-0.3, -0.25) is 0 Å². The van der Waals surface area contributed by atoms with Gasteiger partial charge in [0.1, 0.15) is 11.2 Å². The van der Waals surface area contributed by atoms with Crippen molar-refractivity contribution in [2.75, 3.05) is 4.90 Å². The van der Waals surface area contributed by atoms with E-state index in [9.17, 15) is 0 Å². The molecule has 0 unspecified atom stereocenters. The highest BCUT2D eigenvalue weighted by molar-refractivity contribution is 6.06. The van der Waals surface area contributed by atoms with Crippen LogP contribution in [0, 0.1) is 0 Å². The van der Waals surface area contributed by atoms with Gasteiger partial charge in [0.05, 0.1) is 16.8 Å². The SMILES string of the molecule is c1ccc(N(c2ccc3c(c2)oc2ccccc23)c2cccc3c2Oc2ccc4c(c2O3)-c2ccccc2C42c3ccccc3-c3ccccc32)cc1. The Morgan fingerprint density at radius 2 is 1.02 bits per heavy atom. The molecule has 0 saturated carbocycles. The van der Waals surface area contributed by atoms with Gasteiger partial charge in [-0.05, 0) is 87.5 Å². The molecule has 0 fully saturated rings. The van der Waals surface area contributed by atoms with Crippen LogP contribution < -0.4 is 14.4 Å². The molecule has 0 radical (unpaired) electrons. The Labute approximate surface area is 305 Å². The Hall–Kier alpha value is -7.04. The molecule has 248 valence electrons. The first kappa shape index (κ1) is 28.6. The molecule has 1 spiro atoms. The summed E-state index contributed by atoms with van der Waals surface area (Å²) in [6, 6.07) is 61.9. The number of nitrogens with zero attached hydrogens (tertiary/aromatic N) is 1. The minimum atomic E-state index is -0.459. The van der Waals surface area contributed by atoms with Crippen LogP contribution in [-0.4, -0.2) is 0 Å². The molecule has 1 aromatic heterocycles. The average molecular weight is 680 g/mol. The summed E-state index contributed by atoms with van der Waals surface area (Å²) in [5.74, 6) is 2.76. The molecule has 0 saturated heterocycles. The summed E-state index contributed by atoms with van der Waals surface area (Å²) >= 11 is 0. The zero-order valence-electron chi connectivity index (χ0n) is 28.4. The summed E-state index contributed by atoms with van der Waals surface area (Å²) in [7, 11) is 0. The van der Waals surface area contributed by atoms with E-state index in [1.807, 2.05) is 36.4 Å². The zero-order chi connectivity index (χ0) is 34.7. The summed E-state index contributed by atoms with van der Waals surface area (Å²) in [6.45, 7) is 0. The quantitative estimate of drug-likeness (QED) is 0.186. The lowest BCUT2D eigenvalue weighted by atomic mass is 9.70. The van der Waals surface area contributed by atoms with E-state index in [-0.39, 0.29) is 0 Å². The van der Waals surface area contributed by atoms with Crippen molar-refractivity contribution in [3.63, 3.8) is 0 Å². The molecule has 2 heterocycles. The first-order valence-corrected chi connectivity index (χ1v) is 18.0. The minimum absolute atomic E-state index is 0.459. The molecular weight excluding hydrogens is 651 g/mol. The van der Waals surface area contributed by atoms with Crippen molar-refractivity contribution in [1.29, 1.82) is 0 Å². The van der Waals surface area contributed by atoms with Crippen molar-refractivity contribution in [2.24, 2.45) is 0 Å². The van der Waals surface area contributed by atoms with Crippen molar-refractivity contribution in [3.8, 4) is 45.3 Å². The third kappa shape index (κ3) is 3.74. The van der Waals surface area contributed by atoms with Gasteiger partial charge in [-0.1, -0.05) is 121 Å². The fourth-order valence-corrected chi connectivity index (χ4v) is 9.25. The number of rotatable bonds is 3. The second kappa shape index (κ2) is 10.5. The highest BCUT2D eigenvalue weighted by Crippen LogP contribution is 2.66. The molecule has 1 aliphatic heterocycles. The van der Waals surface area contributed by atoms with Crippen molar-refractivity contribution < 1.29 is 13.9 Å². The lowest BCUT2D eigenvalue weighted by Crippen LogP contribution is -2.25. The number of ether oxygens (including phenoxy) is 2. The van der Waals surface area contributed by atoms with Gasteiger partial charge in [-0.15, -0.1) is 0 Å². The summed E-state index contributed by atoms with van der Waals surface area (Å²) in [5.41, 5.74) is 13.9. The van der Waals surface area contributed by atoms with E-state index < -0.39 is 5.41 Å². The van der Waals surface area contributed by atoms with E-state index in [2.05, 4.69) is 144 Å². The number of hydrogen-bond acceptors (Lipinski definition) is 4. The van der Waals surface area contributed by atoms with Crippen LogP contribution >= 0.6 is 0 Å². The maximum Gasteiger partial charge on any atom is 0.194 e. The summed E-state index contributed by atoms with van der Waals surface area (Å²) in [6.07, 6.45) is 0. The Morgan fingerprint density at radius 3 is 1.81 bits per heavy atom. The normalized spacial score (nSPS) is 13.7. The molecular formula is C49H29NO3. The summed E-state index contributed by atoms with van der Waals surface area (Å²) in [4.78, 5) is 2.21. The molecule has 3 aliphatic rings. The second-order valence-corrected chi connectivity index (χ2v) is 14.0. The van der Waals surface area contributed by atoms with E-state index in [0.29, 0.717) is 17.2 Å². The van der Waals surface area contributed by atoms with Crippen molar-refractivity contribution in [2.45, 2.75) is 5.41 Å². The van der Waals surface area contributed by atoms with Gasteiger partial charge in [-0.2, -0.15) is 0 Å². The van der Waals surface area contributed by atoms with Crippen molar-refractivity contribution in [3.05, 3.63) is 198 Å². The Bertz CT molecular complexity index is 2930. The monoisotopic (exact) mass is 679 g/mol. The van der Waals surface area contributed by atoms with Gasteiger partial charge in [0.25, 0.3) is 0 Å². The van der Waals surface area contributed by atoms with Crippen molar-refractivity contribution in [1.82, 2.24) is 0 Å². The van der Waals surface area contributed by atoms with Crippen LogP contribution in [-0.2, 0) is 5.41 Å². The van der Waals surface area contributed by atoms with Crippen LogP contribution in [0.15, 0.2) is 180 Å². The molecule has 0 amide bonds. The lowest BCUT2D eigenvalue weighted by molar-refractivity contribution is 0.361. The van der Waals surface area contributed by atoms with Gasteiger partial charge in [-0.25, -0.2) is 0 Å². The van der Waals surface area contributed by atoms with E-state index in [1.165, 1.54) is 38.9 Å². The van der Waals surface area contributed by atoms with E-state index in [1.54, 1.807) is 0 Å². The van der Waals surface area contributed by atoms with Crippen LogP contribution in [0.25, 0.3) is 44.2 Å². The number of fused-ring (bicyclic) bond motifs is 16. The molecule has 8 aromatic carbocycles. The molecule has 0 atom stereocenters. The molecule has 0 N–H and O–H groups in total. The third-order valence-electron chi connectivity index (χ3n) is 11.3. The maximum atomic E-state index is 7.06. The smallest absolute Gasteiger partial charge is 0.194 e. The van der Waals surface area contributed by atoms with Crippen LogP contribution in [0.5, 0.6) is 23.0 Å². The van der Waals surface area contributed by atoms with Gasteiger partial charge < -0.3 is 18.8 Å². The zero-order valence-corrected chi connectivity index (χ0v) is 28.4. The Balaban J connectivity index is 1.04. The van der Waals surface area contributed by atoms with E-state index >= 15 is 0 Å². The number of para-hydroxylation sites is 3. The van der Waals surface area contributed by atoms with Gasteiger partial charge >= 0.3 is 0 Å². The molecule has 4 heteroatoms. The first-order valence-electron chi connectivity index (χ1n) is 18.0. The molecule has 9 aromatic rings. The molecule has 12 rings (SSSR count). The number of hydrogen-bond donors (Lipinski definition) is 0. The van der Waals surface area contributed by atoms with Crippen molar-refractivity contribution >= 4 is 39.0 Å². The van der Waals surface area contributed by atoms with Gasteiger partial charge in [0, 0.05) is 28.1 Å². The average Bonchev–Trinajstić information content (AvgIpc) is 3.85. The maximum absolute atomic E-state index is 7.06.